The lowest BCUT2D eigenvalue weighted by atomic mass is 10.1. The summed E-state index contributed by atoms with van der Waals surface area (Å²) in [6.07, 6.45) is 3.52. The minimum atomic E-state index is -3.05. The van der Waals surface area contributed by atoms with Crippen LogP contribution in [0.25, 0.3) is 11.1 Å². The van der Waals surface area contributed by atoms with E-state index < -0.39 is 9.84 Å². The Bertz CT molecular complexity index is 690. The molecule has 108 valence electrons. The molecule has 2 N–H and O–H groups in total. The molecular formula is C14H19N3O2S. The smallest absolute Gasteiger partial charge is 0.154 e. The Morgan fingerprint density at radius 3 is 2.65 bits per heavy atom. The van der Waals surface area contributed by atoms with Gasteiger partial charge in [0.2, 0.25) is 0 Å². The van der Waals surface area contributed by atoms with Gasteiger partial charge >= 0.3 is 0 Å². The van der Waals surface area contributed by atoms with Gasteiger partial charge in [0.05, 0.1) is 23.7 Å². The molecule has 0 amide bonds. The molecule has 1 heterocycles. The molecule has 1 aromatic heterocycles. The highest BCUT2D eigenvalue weighted by Gasteiger charge is 2.16. The summed E-state index contributed by atoms with van der Waals surface area (Å²) in [7, 11) is -3.05. The average Bonchev–Trinajstić information content (AvgIpc) is 2.85. The van der Waals surface area contributed by atoms with Crippen LogP contribution in [0.1, 0.15) is 13.8 Å². The fraction of sp³-hybridized carbons (Fsp3) is 0.357. The largest absolute Gasteiger partial charge is 0.398 e. The maximum absolute atomic E-state index is 11.8. The Hall–Kier alpha value is -1.82. The quantitative estimate of drug-likeness (QED) is 0.855. The Morgan fingerprint density at radius 1 is 1.30 bits per heavy atom. The van der Waals surface area contributed by atoms with E-state index >= 15 is 0 Å². The number of nitrogen functional groups attached to an aromatic ring is 1. The lowest BCUT2D eigenvalue weighted by Gasteiger charge is -2.07. The second-order valence-electron chi connectivity index (χ2n) is 5.00. The standard InChI is InChI=1S/C14H19N3O2S/c1-11(2)20(18,19)8-7-17-10-12(9-16-17)13-5-3-4-6-14(13)15/h3-6,9-11H,7-8,15H2,1-2H3. The molecule has 0 radical (unpaired) electrons. The van der Waals surface area contributed by atoms with Gasteiger partial charge in [0.1, 0.15) is 0 Å². The molecule has 0 spiro atoms. The van der Waals surface area contributed by atoms with Crippen LogP contribution in [0.5, 0.6) is 0 Å². The molecule has 0 saturated heterocycles. The van der Waals surface area contributed by atoms with Crippen molar-refractivity contribution < 1.29 is 8.42 Å². The Kier molecular flexibility index (Phi) is 4.13. The van der Waals surface area contributed by atoms with Crippen LogP contribution in [0.3, 0.4) is 0 Å². The molecule has 0 fully saturated rings. The summed E-state index contributed by atoms with van der Waals surface area (Å²) in [5.41, 5.74) is 8.40. The van der Waals surface area contributed by atoms with Gasteiger partial charge in [-0.3, -0.25) is 4.68 Å². The Labute approximate surface area is 119 Å². The van der Waals surface area contributed by atoms with Crippen molar-refractivity contribution in [2.75, 3.05) is 11.5 Å². The second-order valence-corrected chi connectivity index (χ2v) is 7.67. The highest BCUT2D eigenvalue weighted by Crippen LogP contribution is 2.24. The number of rotatable bonds is 5. The molecule has 0 aliphatic carbocycles. The van der Waals surface area contributed by atoms with E-state index in [1.54, 1.807) is 24.7 Å². The maximum Gasteiger partial charge on any atom is 0.154 e. The van der Waals surface area contributed by atoms with Crippen molar-refractivity contribution in [3.05, 3.63) is 36.7 Å². The molecule has 2 rings (SSSR count). The first-order chi connectivity index (χ1) is 9.40. The molecule has 2 aromatic rings. The van der Waals surface area contributed by atoms with Gasteiger partial charge in [0.15, 0.2) is 9.84 Å². The molecule has 0 aliphatic rings. The van der Waals surface area contributed by atoms with Gasteiger partial charge < -0.3 is 5.73 Å². The zero-order valence-corrected chi connectivity index (χ0v) is 12.5. The van der Waals surface area contributed by atoms with Crippen molar-refractivity contribution in [2.24, 2.45) is 0 Å². The van der Waals surface area contributed by atoms with Crippen LogP contribution >= 0.6 is 0 Å². The number of para-hydroxylation sites is 1. The number of anilines is 1. The minimum Gasteiger partial charge on any atom is -0.398 e. The third kappa shape index (κ3) is 3.19. The summed E-state index contributed by atoms with van der Waals surface area (Å²) in [5.74, 6) is 0.0933. The van der Waals surface area contributed by atoms with Crippen LogP contribution in [0.4, 0.5) is 5.69 Å². The van der Waals surface area contributed by atoms with E-state index in [0.717, 1.165) is 11.1 Å². The van der Waals surface area contributed by atoms with E-state index in [4.69, 9.17) is 5.73 Å². The van der Waals surface area contributed by atoms with Gasteiger partial charge in [-0.05, 0) is 19.9 Å². The molecule has 0 atom stereocenters. The predicted molar refractivity (Wildman–Crippen MR) is 81.0 cm³/mol. The zero-order valence-electron chi connectivity index (χ0n) is 11.7. The van der Waals surface area contributed by atoms with Gasteiger partial charge in [0.25, 0.3) is 0 Å². The molecule has 0 bridgehead atoms. The van der Waals surface area contributed by atoms with Crippen LogP contribution < -0.4 is 5.73 Å². The highest BCUT2D eigenvalue weighted by atomic mass is 32.2. The molecule has 6 heteroatoms. The number of aromatic nitrogens is 2. The van der Waals surface area contributed by atoms with E-state index in [-0.39, 0.29) is 11.0 Å². The number of sulfone groups is 1. The first-order valence-electron chi connectivity index (χ1n) is 6.49. The van der Waals surface area contributed by atoms with Gasteiger partial charge in [-0.1, -0.05) is 18.2 Å². The van der Waals surface area contributed by atoms with Crippen LogP contribution in [0.15, 0.2) is 36.7 Å². The van der Waals surface area contributed by atoms with Gasteiger partial charge in [0, 0.05) is 23.0 Å². The molecular weight excluding hydrogens is 274 g/mol. The first-order valence-corrected chi connectivity index (χ1v) is 8.20. The van der Waals surface area contributed by atoms with E-state index in [1.165, 1.54) is 0 Å². The topological polar surface area (TPSA) is 78.0 Å². The summed E-state index contributed by atoms with van der Waals surface area (Å²) in [6, 6.07) is 7.53. The lowest BCUT2D eigenvalue weighted by molar-refractivity contribution is 0.573. The van der Waals surface area contributed by atoms with E-state index in [1.807, 2.05) is 30.5 Å². The third-order valence-electron chi connectivity index (χ3n) is 3.23. The number of hydrogen-bond acceptors (Lipinski definition) is 4. The maximum atomic E-state index is 11.8. The van der Waals surface area contributed by atoms with Crippen LogP contribution in [0.2, 0.25) is 0 Å². The third-order valence-corrected chi connectivity index (χ3v) is 5.42. The minimum absolute atomic E-state index is 0.0933. The second kappa shape index (κ2) is 5.66. The Balaban J connectivity index is 2.13. The monoisotopic (exact) mass is 293 g/mol. The van der Waals surface area contributed by atoms with Crippen molar-refractivity contribution in [2.45, 2.75) is 25.6 Å². The molecule has 0 aliphatic heterocycles. The summed E-state index contributed by atoms with van der Waals surface area (Å²) in [4.78, 5) is 0. The van der Waals surface area contributed by atoms with E-state index in [9.17, 15) is 8.42 Å². The van der Waals surface area contributed by atoms with Gasteiger partial charge in [-0.15, -0.1) is 0 Å². The zero-order chi connectivity index (χ0) is 14.8. The van der Waals surface area contributed by atoms with Gasteiger partial charge in [-0.25, -0.2) is 8.42 Å². The van der Waals surface area contributed by atoms with Crippen molar-refractivity contribution in [1.29, 1.82) is 0 Å². The van der Waals surface area contributed by atoms with Gasteiger partial charge in [-0.2, -0.15) is 5.10 Å². The normalized spacial score (nSPS) is 11.9. The molecule has 0 unspecified atom stereocenters. The number of nitrogens with two attached hydrogens (primary N) is 1. The summed E-state index contributed by atoms with van der Waals surface area (Å²) in [5, 5.41) is 3.83. The fourth-order valence-corrected chi connectivity index (χ4v) is 2.75. The van der Waals surface area contributed by atoms with Crippen LogP contribution in [-0.4, -0.2) is 29.2 Å². The van der Waals surface area contributed by atoms with E-state index in [2.05, 4.69) is 5.10 Å². The van der Waals surface area contributed by atoms with Crippen molar-refractivity contribution in [1.82, 2.24) is 9.78 Å². The number of aryl methyl sites for hydroxylation is 1. The first kappa shape index (κ1) is 14.6. The molecule has 20 heavy (non-hydrogen) atoms. The van der Waals surface area contributed by atoms with Crippen molar-refractivity contribution in [3.63, 3.8) is 0 Å². The summed E-state index contributed by atoms with van der Waals surface area (Å²) in [6.45, 7) is 3.73. The average molecular weight is 293 g/mol. The van der Waals surface area contributed by atoms with Crippen molar-refractivity contribution >= 4 is 15.5 Å². The molecule has 0 saturated carbocycles. The fourth-order valence-electron chi connectivity index (χ4n) is 1.84. The number of nitrogens with zero attached hydrogens (tertiary/aromatic N) is 2. The lowest BCUT2D eigenvalue weighted by Crippen LogP contribution is -2.21. The Morgan fingerprint density at radius 2 is 2.00 bits per heavy atom. The summed E-state index contributed by atoms with van der Waals surface area (Å²) < 4.78 is 25.2. The SMILES string of the molecule is CC(C)S(=O)(=O)CCn1cc(-c2ccccc2N)cn1. The number of hydrogen-bond donors (Lipinski definition) is 1. The van der Waals surface area contributed by atoms with Crippen molar-refractivity contribution in [3.8, 4) is 11.1 Å². The van der Waals surface area contributed by atoms with Crippen LogP contribution in [0, 0.1) is 0 Å². The summed E-state index contributed by atoms with van der Waals surface area (Å²) >= 11 is 0. The highest BCUT2D eigenvalue weighted by molar-refractivity contribution is 7.91. The number of benzene rings is 1. The molecule has 5 nitrogen and oxygen atoms in total. The molecule has 1 aromatic carbocycles. The predicted octanol–water partition coefficient (Wildman–Crippen LogP) is 1.96. The van der Waals surface area contributed by atoms with Crippen LogP contribution in [-0.2, 0) is 16.4 Å². The van der Waals surface area contributed by atoms with E-state index in [0.29, 0.717) is 12.2 Å².